The van der Waals surface area contributed by atoms with Crippen molar-refractivity contribution in [3.8, 4) is 0 Å². The van der Waals surface area contributed by atoms with Gasteiger partial charge in [-0.3, -0.25) is 14.3 Å². The van der Waals surface area contributed by atoms with E-state index in [2.05, 4.69) is 20.3 Å². The van der Waals surface area contributed by atoms with E-state index in [0.717, 1.165) is 55.6 Å². The van der Waals surface area contributed by atoms with Gasteiger partial charge in [0, 0.05) is 25.2 Å². The molecule has 1 aliphatic carbocycles. The van der Waals surface area contributed by atoms with Crippen molar-refractivity contribution in [2.24, 2.45) is 0 Å². The van der Waals surface area contributed by atoms with Crippen LogP contribution in [-0.2, 0) is 4.79 Å². The van der Waals surface area contributed by atoms with Crippen molar-refractivity contribution in [2.75, 3.05) is 25.0 Å². The molecule has 8 heteroatoms. The van der Waals surface area contributed by atoms with E-state index in [4.69, 9.17) is 0 Å². The molecule has 8 nitrogen and oxygen atoms in total. The van der Waals surface area contributed by atoms with E-state index in [1.807, 2.05) is 39.6 Å². The van der Waals surface area contributed by atoms with Crippen LogP contribution in [-0.4, -0.2) is 49.8 Å². The molecule has 1 aliphatic heterocycles. The van der Waals surface area contributed by atoms with Crippen LogP contribution in [0.4, 0.5) is 5.82 Å². The first-order valence-electron chi connectivity index (χ1n) is 10.9. The Bertz CT molecular complexity index is 1080. The molecule has 1 saturated carbocycles. The fraction of sp³-hybridized carbons (Fsp3) is 0.500. The maximum absolute atomic E-state index is 12.6. The van der Waals surface area contributed by atoms with Crippen LogP contribution in [0.3, 0.4) is 0 Å². The Labute approximate surface area is 174 Å². The van der Waals surface area contributed by atoms with Gasteiger partial charge in [-0.15, -0.1) is 0 Å². The van der Waals surface area contributed by atoms with Gasteiger partial charge in [-0.2, -0.15) is 5.10 Å². The minimum atomic E-state index is -0.0485. The van der Waals surface area contributed by atoms with Gasteiger partial charge >= 0.3 is 5.69 Å². The number of aromatic amines is 1. The van der Waals surface area contributed by atoms with Gasteiger partial charge in [-0.05, 0) is 37.8 Å². The van der Waals surface area contributed by atoms with Gasteiger partial charge in [0.2, 0.25) is 5.91 Å². The number of fused-ring (bicyclic) bond motifs is 1. The Balaban J connectivity index is 1.19. The van der Waals surface area contributed by atoms with Crippen LogP contribution in [0, 0.1) is 0 Å². The quantitative estimate of drug-likeness (QED) is 0.679. The molecule has 158 valence electrons. The summed E-state index contributed by atoms with van der Waals surface area (Å²) in [6.45, 7) is 1.96. The van der Waals surface area contributed by atoms with Crippen molar-refractivity contribution in [3.63, 3.8) is 0 Å². The molecule has 0 spiro atoms. The first kappa shape index (κ1) is 19.1. The lowest BCUT2D eigenvalue weighted by Gasteiger charge is -2.32. The molecule has 2 N–H and O–H groups in total. The Morgan fingerprint density at radius 3 is 2.63 bits per heavy atom. The predicted molar refractivity (Wildman–Crippen MR) is 116 cm³/mol. The molecule has 1 amide bonds. The highest BCUT2D eigenvalue weighted by molar-refractivity contribution is 5.91. The number of para-hydroxylation sites is 2. The third-order valence-electron chi connectivity index (χ3n) is 6.52. The zero-order valence-corrected chi connectivity index (χ0v) is 17.1. The van der Waals surface area contributed by atoms with E-state index >= 15 is 0 Å². The van der Waals surface area contributed by atoms with Crippen molar-refractivity contribution < 1.29 is 4.79 Å². The molecule has 0 bridgehead atoms. The highest BCUT2D eigenvalue weighted by Gasteiger charge is 2.25. The summed E-state index contributed by atoms with van der Waals surface area (Å²) in [7, 11) is 0. The highest BCUT2D eigenvalue weighted by atomic mass is 16.2. The number of hydrogen-bond acceptors (Lipinski definition) is 4. The summed E-state index contributed by atoms with van der Waals surface area (Å²) in [5, 5.41) is 7.47. The van der Waals surface area contributed by atoms with E-state index in [-0.39, 0.29) is 17.6 Å². The number of likely N-dealkylation sites (tertiary alicyclic amines) is 1. The number of nitrogens with one attached hydrogen (secondary N) is 2. The second-order valence-electron chi connectivity index (χ2n) is 8.47. The summed E-state index contributed by atoms with van der Waals surface area (Å²) in [6.07, 6.45) is 8.19. The summed E-state index contributed by atoms with van der Waals surface area (Å²) < 4.78 is 3.85. The predicted octanol–water partition coefficient (Wildman–Crippen LogP) is 2.92. The van der Waals surface area contributed by atoms with Crippen LogP contribution < -0.4 is 11.0 Å². The molecule has 0 unspecified atom stereocenters. The Hall–Kier alpha value is -2.87. The van der Waals surface area contributed by atoms with Gasteiger partial charge in [0.25, 0.3) is 0 Å². The van der Waals surface area contributed by atoms with E-state index in [1.54, 1.807) is 6.20 Å². The fourth-order valence-corrected chi connectivity index (χ4v) is 5.01. The monoisotopic (exact) mass is 408 g/mol. The standard InChI is InChI=1S/C22H28N6O2/c29-21(25-20-9-12-23-28(20)17-5-1-2-6-17)15-26-13-10-16(11-14-26)27-19-8-4-3-7-18(19)24-22(27)30/h3-4,7-9,12,16-17H,1-2,5-6,10-11,13-15H2,(H,24,30)(H,25,29). The fourth-order valence-electron chi connectivity index (χ4n) is 5.01. The molecular weight excluding hydrogens is 380 g/mol. The number of rotatable bonds is 5. The van der Waals surface area contributed by atoms with Gasteiger partial charge in [0.1, 0.15) is 5.82 Å². The van der Waals surface area contributed by atoms with Crippen LogP contribution in [0.15, 0.2) is 41.3 Å². The number of carbonyl (C=O) groups excluding carboxylic acids is 1. The lowest BCUT2D eigenvalue weighted by atomic mass is 10.0. The number of H-pyrrole nitrogens is 1. The second kappa shape index (κ2) is 8.10. The van der Waals surface area contributed by atoms with E-state index in [9.17, 15) is 9.59 Å². The van der Waals surface area contributed by atoms with Crippen LogP contribution >= 0.6 is 0 Å². The van der Waals surface area contributed by atoms with Crippen molar-refractivity contribution in [3.05, 3.63) is 47.0 Å². The zero-order valence-electron chi connectivity index (χ0n) is 17.1. The van der Waals surface area contributed by atoms with Gasteiger partial charge in [-0.1, -0.05) is 25.0 Å². The minimum absolute atomic E-state index is 0.00235. The molecule has 1 aromatic carbocycles. The van der Waals surface area contributed by atoms with E-state index in [1.165, 1.54) is 12.8 Å². The van der Waals surface area contributed by atoms with Crippen LogP contribution in [0.5, 0.6) is 0 Å². The third-order valence-corrected chi connectivity index (χ3v) is 6.52. The summed E-state index contributed by atoms with van der Waals surface area (Å²) in [6, 6.07) is 10.3. The number of piperidine rings is 1. The number of anilines is 1. The molecular formula is C22H28N6O2. The number of benzene rings is 1. The first-order chi connectivity index (χ1) is 14.7. The van der Waals surface area contributed by atoms with Crippen LogP contribution in [0.1, 0.15) is 50.6 Å². The third kappa shape index (κ3) is 3.67. The Morgan fingerprint density at radius 1 is 1.07 bits per heavy atom. The number of aromatic nitrogens is 4. The number of carbonyl (C=O) groups is 1. The summed E-state index contributed by atoms with van der Waals surface area (Å²) in [4.78, 5) is 30.2. The van der Waals surface area contributed by atoms with Crippen molar-refractivity contribution >= 4 is 22.8 Å². The van der Waals surface area contributed by atoms with Gasteiger partial charge in [0.15, 0.2) is 0 Å². The molecule has 2 fully saturated rings. The number of nitrogens with zero attached hydrogens (tertiary/aromatic N) is 4. The maximum atomic E-state index is 12.6. The molecule has 1 saturated heterocycles. The average molecular weight is 409 g/mol. The first-order valence-corrected chi connectivity index (χ1v) is 10.9. The van der Waals surface area contributed by atoms with Crippen molar-refractivity contribution in [1.29, 1.82) is 0 Å². The van der Waals surface area contributed by atoms with Gasteiger partial charge < -0.3 is 10.3 Å². The molecule has 3 aromatic rings. The largest absolute Gasteiger partial charge is 0.326 e. The molecule has 5 rings (SSSR count). The number of hydrogen-bond donors (Lipinski definition) is 2. The SMILES string of the molecule is O=C(CN1CCC(n2c(=O)[nH]c3ccccc32)CC1)Nc1ccnn1C1CCCC1. The summed E-state index contributed by atoms with van der Waals surface area (Å²) in [5.74, 6) is 0.796. The Kier molecular flexibility index (Phi) is 5.16. The summed E-state index contributed by atoms with van der Waals surface area (Å²) in [5.41, 5.74) is 1.79. The second-order valence-corrected chi connectivity index (χ2v) is 8.47. The lowest BCUT2D eigenvalue weighted by molar-refractivity contribution is -0.117. The molecule has 0 radical (unpaired) electrons. The van der Waals surface area contributed by atoms with E-state index < -0.39 is 0 Å². The van der Waals surface area contributed by atoms with Crippen molar-refractivity contribution in [2.45, 2.75) is 50.6 Å². The number of amides is 1. The average Bonchev–Trinajstić information content (AvgIpc) is 3.47. The molecule has 30 heavy (non-hydrogen) atoms. The molecule has 2 aliphatic rings. The summed E-state index contributed by atoms with van der Waals surface area (Å²) >= 11 is 0. The van der Waals surface area contributed by atoms with E-state index in [0.29, 0.717) is 12.6 Å². The zero-order chi connectivity index (χ0) is 20.5. The van der Waals surface area contributed by atoms with Gasteiger partial charge in [0.05, 0.1) is 29.8 Å². The maximum Gasteiger partial charge on any atom is 0.326 e. The van der Waals surface area contributed by atoms with Gasteiger partial charge in [-0.25, -0.2) is 9.48 Å². The van der Waals surface area contributed by atoms with Crippen molar-refractivity contribution in [1.82, 2.24) is 24.2 Å². The Morgan fingerprint density at radius 2 is 1.83 bits per heavy atom. The molecule has 3 heterocycles. The normalized spacial score (nSPS) is 18.9. The highest BCUT2D eigenvalue weighted by Crippen LogP contribution is 2.31. The van der Waals surface area contributed by atoms with Crippen LogP contribution in [0.25, 0.3) is 11.0 Å². The van der Waals surface area contributed by atoms with Crippen LogP contribution in [0.2, 0.25) is 0 Å². The smallest absolute Gasteiger partial charge is 0.310 e. The number of imidazole rings is 1. The topological polar surface area (TPSA) is 87.9 Å². The lowest BCUT2D eigenvalue weighted by Crippen LogP contribution is -2.41. The molecule has 2 aromatic heterocycles. The molecule has 0 atom stereocenters. The minimum Gasteiger partial charge on any atom is -0.310 e.